The zero-order chi connectivity index (χ0) is 20.8. The molecule has 1 unspecified atom stereocenters. The first kappa shape index (κ1) is 25.2. The van der Waals surface area contributed by atoms with Gasteiger partial charge < -0.3 is 14.9 Å². The minimum atomic E-state index is -0.926. The Morgan fingerprint density at radius 2 is 1.85 bits per heavy atom. The quantitative estimate of drug-likeness (QED) is 0.502. The van der Waals surface area contributed by atoms with Crippen LogP contribution in [0, 0.1) is 5.92 Å². The third kappa shape index (κ3) is 10.8. The maximum atomic E-state index is 12.1. The third-order valence-electron chi connectivity index (χ3n) is 4.42. The van der Waals surface area contributed by atoms with E-state index in [-0.39, 0.29) is 11.5 Å². The number of hydrogen-bond donors (Lipinski definition) is 2. The number of allylic oxidation sites excluding steroid dienone is 2. The number of aromatic hydroxyl groups is 1. The molecule has 2 atom stereocenters. The molecule has 154 valence electrons. The summed E-state index contributed by atoms with van der Waals surface area (Å²) in [5.74, 6) is 0.890. The van der Waals surface area contributed by atoms with Crippen LogP contribution in [0.2, 0.25) is 0 Å². The van der Waals surface area contributed by atoms with Crippen LogP contribution < -0.4 is 4.74 Å². The van der Waals surface area contributed by atoms with Crippen LogP contribution in [0.15, 0.2) is 29.8 Å². The van der Waals surface area contributed by atoms with Gasteiger partial charge in [-0.3, -0.25) is 4.79 Å². The number of phenolic OH excluding ortho intramolecular Hbond substituents is 1. The lowest BCUT2D eigenvalue weighted by Gasteiger charge is -2.13. The normalized spacial score (nSPS) is 12.4. The molecule has 0 bridgehead atoms. The van der Waals surface area contributed by atoms with Crippen molar-refractivity contribution in [2.24, 2.45) is 5.92 Å². The van der Waals surface area contributed by atoms with Gasteiger partial charge in [-0.05, 0) is 69.6 Å². The number of aliphatic hydroxyl groups is 1. The van der Waals surface area contributed by atoms with Crippen LogP contribution >= 0.6 is 0 Å². The smallest absolute Gasteiger partial charge is 0.161 e. The lowest BCUT2D eigenvalue weighted by atomic mass is 9.95. The Hall–Kier alpha value is -1.81. The number of ketones is 1. The van der Waals surface area contributed by atoms with Gasteiger partial charge in [0.15, 0.2) is 17.3 Å². The molecular formula is C23H38O4. The second kappa shape index (κ2) is 14.3. The highest BCUT2D eigenvalue weighted by molar-refractivity contribution is 5.82. The molecule has 4 nitrogen and oxygen atoms in total. The predicted molar refractivity (Wildman–Crippen MR) is 112 cm³/mol. The minimum absolute atomic E-state index is 0.0835. The van der Waals surface area contributed by atoms with E-state index < -0.39 is 6.10 Å². The summed E-state index contributed by atoms with van der Waals surface area (Å²) in [7, 11) is 1.50. The Bertz CT molecular complexity index is 574. The predicted octanol–water partition coefficient (Wildman–Crippen LogP) is 5.45. The van der Waals surface area contributed by atoms with Crippen LogP contribution in [0.5, 0.6) is 11.5 Å². The van der Waals surface area contributed by atoms with Gasteiger partial charge in [-0.1, -0.05) is 38.5 Å². The molecule has 0 aliphatic heterocycles. The fourth-order valence-electron chi connectivity index (χ4n) is 2.70. The molecular weight excluding hydrogens is 340 g/mol. The van der Waals surface area contributed by atoms with E-state index in [0.717, 1.165) is 24.8 Å². The Labute approximate surface area is 165 Å². The highest BCUT2D eigenvalue weighted by Crippen LogP contribution is 2.27. The summed E-state index contributed by atoms with van der Waals surface area (Å²) in [6.07, 6.45) is 5.61. The Morgan fingerprint density at radius 1 is 1.19 bits per heavy atom. The van der Waals surface area contributed by atoms with Crippen molar-refractivity contribution in [3.8, 4) is 11.5 Å². The second-order valence-electron chi connectivity index (χ2n) is 7.03. The van der Waals surface area contributed by atoms with Crippen LogP contribution in [0.25, 0.3) is 0 Å². The molecule has 0 heterocycles. The molecule has 1 aromatic carbocycles. The molecule has 0 aliphatic rings. The molecule has 1 aromatic rings. The molecule has 2 N–H and O–H groups in total. The summed E-state index contributed by atoms with van der Waals surface area (Å²) in [4.78, 5) is 12.1. The van der Waals surface area contributed by atoms with E-state index in [1.54, 1.807) is 18.2 Å². The number of ether oxygens (including phenoxy) is 1. The van der Waals surface area contributed by atoms with Crippen LogP contribution in [0.3, 0.4) is 0 Å². The number of carbonyl (C=O) groups excluding carboxylic acids is 1. The van der Waals surface area contributed by atoms with Gasteiger partial charge in [-0.25, -0.2) is 0 Å². The van der Waals surface area contributed by atoms with Crippen LogP contribution in [0.4, 0.5) is 0 Å². The zero-order valence-corrected chi connectivity index (χ0v) is 17.9. The van der Waals surface area contributed by atoms with Crippen molar-refractivity contribution in [3.63, 3.8) is 0 Å². The Balaban J connectivity index is 0.00000326. The largest absolute Gasteiger partial charge is 0.504 e. The zero-order valence-electron chi connectivity index (χ0n) is 17.9. The molecule has 0 spiro atoms. The summed E-state index contributed by atoms with van der Waals surface area (Å²) in [5, 5.41) is 19.7. The number of aliphatic hydroxyl groups excluding tert-OH is 1. The molecule has 0 aliphatic carbocycles. The van der Waals surface area contributed by atoms with Gasteiger partial charge in [0.2, 0.25) is 0 Å². The number of aryl methyl sites for hydroxylation is 1. The second-order valence-corrected chi connectivity index (χ2v) is 7.03. The first-order valence-corrected chi connectivity index (χ1v) is 10.0. The van der Waals surface area contributed by atoms with Crippen LogP contribution in [-0.4, -0.2) is 29.2 Å². The van der Waals surface area contributed by atoms with Crippen molar-refractivity contribution in [2.75, 3.05) is 7.11 Å². The van der Waals surface area contributed by atoms with Gasteiger partial charge >= 0.3 is 0 Å². The standard InChI is InChI=1S/C21H32O4.C2H6/c1-15(2)6-5-7-16(3)8-11-18(22)19(23)12-9-17-10-13-20(24)21(14-17)25-4;1-2/h6,10,13-14,16,19,23-24H,5,7-9,11-12H2,1-4H3;1-2H3/t16-,19?;/m0./s1. The van der Waals surface area contributed by atoms with E-state index in [2.05, 4.69) is 26.8 Å². The Kier molecular flexibility index (Phi) is 13.3. The number of methoxy groups -OCH3 is 1. The number of hydrogen-bond acceptors (Lipinski definition) is 4. The number of benzene rings is 1. The first-order valence-electron chi connectivity index (χ1n) is 10.0. The average Bonchev–Trinajstić information content (AvgIpc) is 2.66. The monoisotopic (exact) mass is 378 g/mol. The molecule has 1 rings (SSSR count). The van der Waals surface area contributed by atoms with E-state index in [4.69, 9.17) is 4.74 Å². The van der Waals surface area contributed by atoms with Crippen molar-refractivity contribution in [1.29, 1.82) is 0 Å². The number of carbonyl (C=O) groups is 1. The molecule has 27 heavy (non-hydrogen) atoms. The molecule has 0 fully saturated rings. The number of phenols is 1. The molecule has 0 radical (unpaired) electrons. The van der Waals surface area contributed by atoms with Gasteiger partial charge in [0, 0.05) is 6.42 Å². The van der Waals surface area contributed by atoms with Crippen LogP contribution in [0.1, 0.15) is 72.3 Å². The van der Waals surface area contributed by atoms with Gasteiger partial charge in [-0.2, -0.15) is 0 Å². The highest BCUT2D eigenvalue weighted by Gasteiger charge is 2.16. The molecule has 0 aromatic heterocycles. The van der Waals surface area contributed by atoms with Crippen molar-refractivity contribution in [3.05, 3.63) is 35.4 Å². The third-order valence-corrected chi connectivity index (χ3v) is 4.42. The average molecular weight is 379 g/mol. The van der Waals surface area contributed by atoms with E-state index in [1.807, 2.05) is 13.8 Å². The highest BCUT2D eigenvalue weighted by atomic mass is 16.5. The molecule has 0 saturated carbocycles. The van der Waals surface area contributed by atoms with Gasteiger partial charge in [-0.15, -0.1) is 0 Å². The lowest BCUT2D eigenvalue weighted by molar-refractivity contribution is -0.127. The van der Waals surface area contributed by atoms with Crippen LogP contribution in [-0.2, 0) is 11.2 Å². The van der Waals surface area contributed by atoms with Crippen molar-refractivity contribution >= 4 is 5.78 Å². The van der Waals surface area contributed by atoms with Crippen molar-refractivity contribution < 1.29 is 19.7 Å². The molecule has 0 amide bonds. The Morgan fingerprint density at radius 3 is 2.44 bits per heavy atom. The lowest BCUT2D eigenvalue weighted by Crippen LogP contribution is -2.21. The summed E-state index contributed by atoms with van der Waals surface area (Å²) in [5.41, 5.74) is 2.25. The van der Waals surface area contributed by atoms with Crippen molar-refractivity contribution in [1.82, 2.24) is 0 Å². The summed E-state index contributed by atoms with van der Waals surface area (Å²) < 4.78 is 5.07. The first-order chi connectivity index (χ1) is 12.8. The van der Waals surface area contributed by atoms with E-state index in [0.29, 0.717) is 30.9 Å². The summed E-state index contributed by atoms with van der Waals surface area (Å²) in [6.45, 7) is 10.3. The van der Waals surface area contributed by atoms with Gasteiger partial charge in [0.05, 0.1) is 7.11 Å². The molecule has 4 heteroatoms. The fraction of sp³-hybridized carbons (Fsp3) is 0.609. The fourth-order valence-corrected chi connectivity index (χ4v) is 2.70. The minimum Gasteiger partial charge on any atom is -0.504 e. The van der Waals surface area contributed by atoms with E-state index in [1.165, 1.54) is 12.7 Å². The van der Waals surface area contributed by atoms with Gasteiger partial charge in [0.25, 0.3) is 0 Å². The van der Waals surface area contributed by atoms with E-state index in [9.17, 15) is 15.0 Å². The maximum Gasteiger partial charge on any atom is 0.161 e. The SMILES string of the molecule is CC.COc1cc(CCC(O)C(=O)CC[C@@H](C)CCC=C(C)C)ccc1O. The number of rotatable bonds is 11. The molecule has 0 saturated heterocycles. The number of Topliss-reactive ketones (excluding diaryl/α,β-unsaturated/α-hetero) is 1. The van der Waals surface area contributed by atoms with Gasteiger partial charge in [0.1, 0.15) is 6.10 Å². The summed E-state index contributed by atoms with van der Waals surface area (Å²) >= 11 is 0. The summed E-state index contributed by atoms with van der Waals surface area (Å²) in [6, 6.07) is 5.08. The van der Waals surface area contributed by atoms with Crippen molar-refractivity contribution in [2.45, 2.75) is 79.2 Å². The van der Waals surface area contributed by atoms with E-state index >= 15 is 0 Å². The maximum absolute atomic E-state index is 12.1. The topological polar surface area (TPSA) is 66.8 Å².